The topological polar surface area (TPSA) is 84.7 Å². The van der Waals surface area contributed by atoms with E-state index in [1.807, 2.05) is 0 Å². The van der Waals surface area contributed by atoms with Crippen LogP contribution in [0.5, 0.6) is 0 Å². The number of hydrogen-bond acceptors (Lipinski definition) is 5. The maximum atomic E-state index is 13.1. The van der Waals surface area contributed by atoms with Crippen LogP contribution in [0.3, 0.4) is 0 Å². The average Bonchev–Trinajstić information content (AvgIpc) is 3.02. The molecule has 3 unspecified atom stereocenters. The Balaban J connectivity index is 0.00000243. The maximum Gasteiger partial charge on any atom is 0.245 e. The normalized spacial score (nSPS) is 20.9. The number of benzene rings is 1. The van der Waals surface area contributed by atoms with Gasteiger partial charge in [-0.1, -0.05) is 19.1 Å². The zero-order valence-electron chi connectivity index (χ0n) is 14.9. The van der Waals surface area contributed by atoms with Crippen LogP contribution in [0.25, 0.3) is 0 Å². The molecule has 1 aliphatic heterocycles. The number of tetrazole rings is 1. The fourth-order valence-electron chi connectivity index (χ4n) is 3.12. The Labute approximate surface area is 158 Å². The molecule has 0 spiro atoms. The Bertz CT molecular complexity index is 722. The van der Waals surface area contributed by atoms with E-state index in [2.05, 4.69) is 33.1 Å². The number of halogens is 2. The molecule has 9 heteroatoms. The molecule has 3 rings (SSSR count). The molecule has 1 aliphatic rings. The fourth-order valence-corrected chi connectivity index (χ4v) is 3.12. The number of nitrogens with one attached hydrogen (secondary N) is 2. The van der Waals surface area contributed by atoms with Gasteiger partial charge in [-0.05, 0) is 53.9 Å². The SMILES string of the molecule is Cc1nnnn1C(Cc1ccc(F)cc1)C(=O)NC1CNCCC1C.Cl. The molecule has 26 heavy (non-hydrogen) atoms. The first-order valence-electron chi connectivity index (χ1n) is 8.54. The molecule has 0 saturated carbocycles. The van der Waals surface area contributed by atoms with E-state index < -0.39 is 6.04 Å². The molecule has 1 saturated heterocycles. The zero-order valence-corrected chi connectivity index (χ0v) is 15.7. The van der Waals surface area contributed by atoms with Crippen LogP contribution in [-0.2, 0) is 11.2 Å². The summed E-state index contributed by atoms with van der Waals surface area (Å²) < 4.78 is 14.7. The van der Waals surface area contributed by atoms with Crippen LogP contribution < -0.4 is 10.6 Å². The Hall–Kier alpha value is -2.06. The number of piperidine rings is 1. The van der Waals surface area contributed by atoms with E-state index in [4.69, 9.17) is 0 Å². The first-order chi connectivity index (χ1) is 12.0. The van der Waals surface area contributed by atoms with E-state index in [9.17, 15) is 9.18 Å². The molecular formula is C17H24ClFN6O. The highest BCUT2D eigenvalue weighted by Crippen LogP contribution is 2.18. The van der Waals surface area contributed by atoms with Gasteiger partial charge in [-0.25, -0.2) is 9.07 Å². The standard InChI is InChI=1S/C17H23FN6O.ClH/c1-11-7-8-19-10-15(11)20-17(25)16(24-12(2)21-22-23-24)9-13-3-5-14(18)6-4-13;/h3-6,11,15-16,19H,7-10H2,1-2H3,(H,20,25);1H. The number of aryl methyl sites for hydroxylation is 1. The summed E-state index contributed by atoms with van der Waals surface area (Å²) in [4.78, 5) is 12.9. The van der Waals surface area contributed by atoms with Crippen molar-refractivity contribution < 1.29 is 9.18 Å². The number of aromatic nitrogens is 4. The number of hydrogen-bond donors (Lipinski definition) is 2. The summed E-state index contributed by atoms with van der Waals surface area (Å²) in [7, 11) is 0. The van der Waals surface area contributed by atoms with Gasteiger partial charge in [-0.2, -0.15) is 0 Å². The van der Waals surface area contributed by atoms with Crippen molar-refractivity contribution in [2.45, 2.75) is 38.8 Å². The first-order valence-corrected chi connectivity index (χ1v) is 8.54. The fraction of sp³-hybridized carbons (Fsp3) is 0.529. The number of nitrogens with zero attached hydrogens (tertiary/aromatic N) is 4. The van der Waals surface area contributed by atoms with Crippen molar-refractivity contribution in [2.24, 2.45) is 5.92 Å². The third-order valence-electron chi connectivity index (χ3n) is 4.75. The molecule has 2 aromatic rings. The van der Waals surface area contributed by atoms with Gasteiger partial charge in [0.15, 0.2) is 0 Å². The second kappa shape index (κ2) is 9.05. The van der Waals surface area contributed by atoms with Crippen molar-refractivity contribution in [1.82, 2.24) is 30.8 Å². The molecule has 2 heterocycles. The van der Waals surface area contributed by atoms with Gasteiger partial charge in [0, 0.05) is 19.0 Å². The lowest BCUT2D eigenvalue weighted by Gasteiger charge is -2.31. The second-order valence-corrected chi connectivity index (χ2v) is 6.60. The average molecular weight is 383 g/mol. The molecule has 1 amide bonds. The van der Waals surface area contributed by atoms with Crippen LogP contribution in [-0.4, -0.2) is 45.2 Å². The molecule has 3 atom stereocenters. The summed E-state index contributed by atoms with van der Waals surface area (Å²) in [5, 5.41) is 17.9. The molecule has 1 fully saturated rings. The summed E-state index contributed by atoms with van der Waals surface area (Å²) in [5.74, 6) is 0.550. The van der Waals surface area contributed by atoms with Crippen LogP contribution in [0.4, 0.5) is 4.39 Å². The molecule has 0 bridgehead atoms. The van der Waals surface area contributed by atoms with Crippen molar-refractivity contribution >= 4 is 18.3 Å². The zero-order chi connectivity index (χ0) is 17.8. The van der Waals surface area contributed by atoms with Crippen molar-refractivity contribution in [3.63, 3.8) is 0 Å². The molecular weight excluding hydrogens is 359 g/mol. The molecule has 1 aromatic heterocycles. The summed E-state index contributed by atoms with van der Waals surface area (Å²) in [6.07, 6.45) is 1.42. The van der Waals surface area contributed by atoms with Crippen LogP contribution in [0, 0.1) is 18.7 Å². The minimum absolute atomic E-state index is 0. The van der Waals surface area contributed by atoms with Gasteiger partial charge in [0.05, 0.1) is 0 Å². The van der Waals surface area contributed by atoms with Crippen molar-refractivity contribution in [1.29, 1.82) is 0 Å². The highest BCUT2D eigenvalue weighted by Gasteiger charge is 2.29. The lowest BCUT2D eigenvalue weighted by Crippen LogP contribution is -2.52. The molecule has 1 aromatic carbocycles. The molecule has 7 nitrogen and oxygen atoms in total. The van der Waals surface area contributed by atoms with Gasteiger partial charge >= 0.3 is 0 Å². The Morgan fingerprint density at radius 2 is 2.15 bits per heavy atom. The lowest BCUT2D eigenvalue weighted by molar-refractivity contribution is -0.125. The molecule has 0 radical (unpaired) electrons. The number of rotatable bonds is 5. The highest BCUT2D eigenvalue weighted by atomic mass is 35.5. The maximum absolute atomic E-state index is 13.1. The third kappa shape index (κ3) is 4.76. The van der Waals surface area contributed by atoms with Gasteiger partial charge in [-0.15, -0.1) is 17.5 Å². The minimum Gasteiger partial charge on any atom is -0.350 e. The second-order valence-electron chi connectivity index (χ2n) is 6.60. The quantitative estimate of drug-likeness (QED) is 0.817. The van der Waals surface area contributed by atoms with Crippen LogP contribution in [0.2, 0.25) is 0 Å². The van der Waals surface area contributed by atoms with Gasteiger partial charge in [-0.3, -0.25) is 4.79 Å². The smallest absolute Gasteiger partial charge is 0.245 e. The lowest BCUT2D eigenvalue weighted by atomic mass is 9.94. The van der Waals surface area contributed by atoms with E-state index >= 15 is 0 Å². The predicted octanol–water partition coefficient (Wildman–Crippen LogP) is 1.44. The minimum atomic E-state index is -0.574. The van der Waals surface area contributed by atoms with E-state index in [-0.39, 0.29) is 30.2 Å². The Kier molecular flexibility index (Phi) is 7.05. The first kappa shape index (κ1) is 20.3. The van der Waals surface area contributed by atoms with E-state index in [1.54, 1.807) is 19.1 Å². The Morgan fingerprint density at radius 3 is 2.77 bits per heavy atom. The summed E-state index contributed by atoms with van der Waals surface area (Å²) in [6, 6.07) is 5.65. The summed E-state index contributed by atoms with van der Waals surface area (Å²) in [6.45, 7) is 5.63. The molecule has 0 aliphatic carbocycles. The molecule has 2 N–H and O–H groups in total. The van der Waals surface area contributed by atoms with Gasteiger partial charge in [0.25, 0.3) is 0 Å². The van der Waals surface area contributed by atoms with Gasteiger partial charge in [0.1, 0.15) is 17.7 Å². The number of carbonyl (C=O) groups excluding carboxylic acids is 1. The molecule has 142 valence electrons. The number of carbonyl (C=O) groups is 1. The van der Waals surface area contributed by atoms with Crippen LogP contribution in [0.1, 0.15) is 30.8 Å². The highest BCUT2D eigenvalue weighted by molar-refractivity contribution is 5.85. The summed E-state index contributed by atoms with van der Waals surface area (Å²) in [5.41, 5.74) is 0.853. The van der Waals surface area contributed by atoms with E-state index in [1.165, 1.54) is 16.8 Å². The van der Waals surface area contributed by atoms with Crippen LogP contribution >= 0.6 is 12.4 Å². The predicted molar refractivity (Wildman–Crippen MR) is 97.5 cm³/mol. The van der Waals surface area contributed by atoms with E-state index in [0.717, 1.165) is 25.1 Å². The monoisotopic (exact) mass is 382 g/mol. The largest absolute Gasteiger partial charge is 0.350 e. The van der Waals surface area contributed by atoms with Crippen LogP contribution in [0.15, 0.2) is 24.3 Å². The van der Waals surface area contributed by atoms with Crippen molar-refractivity contribution in [3.8, 4) is 0 Å². The van der Waals surface area contributed by atoms with Crippen molar-refractivity contribution in [3.05, 3.63) is 41.5 Å². The van der Waals surface area contributed by atoms with Gasteiger partial charge < -0.3 is 10.6 Å². The Morgan fingerprint density at radius 1 is 1.42 bits per heavy atom. The van der Waals surface area contributed by atoms with Gasteiger partial charge in [0.2, 0.25) is 5.91 Å². The van der Waals surface area contributed by atoms with E-state index in [0.29, 0.717) is 18.2 Å². The third-order valence-corrected chi connectivity index (χ3v) is 4.75. The van der Waals surface area contributed by atoms with Crippen molar-refractivity contribution in [2.75, 3.05) is 13.1 Å². The number of amides is 1. The summed E-state index contributed by atoms with van der Waals surface area (Å²) >= 11 is 0.